The van der Waals surface area contributed by atoms with Crippen LogP contribution < -0.4 is 0 Å². The summed E-state index contributed by atoms with van der Waals surface area (Å²) in [4.78, 5) is 5.53. The van der Waals surface area contributed by atoms with E-state index in [0.29, 0.717) is 0 Å². The molecule has 50 valence electrons. The maximum absolute atomic E-state index is 5.44. The van der Waals surface area contributed by atoms with Gasteiger partial charge in [-0.3, -0.25) is 4.98 Å². The summed E-state index contributed by atoms with van der Waals surface area (Å²) in [5.41, 5.74) is 1.18. The molecule has 0 aliphatic carbocycles. The van der Waals surface area contributed by atoms with Gasteiger partial charge in [0.05, 0.1) is 0 Å². The highest BCUT2D eigenvalue weighted by Gasteiger charge is 1.90. The number of nitrogens with zero attached hydrogens (tertiary/aromatic N) is 2. The molecule has 0 amide bonds. The largest absolute Gasteiger partial charge is 0.352 e. The Kier molecular flexibility index (Phi) is 2.45. The summed E-state index contributed by atoms with van der Waals surface area (Å²) in [6.07, 6.45) is 3.53. The lowest BCUT2D eigenvalue weighted by Crippen LogP contribution is -2.12. The van der Waals surface area contributed by atoms with E-state index in [4.69, 9.17) is 7.98 Å². The first kappa shape index (κ1) is 7.28. The van der Waals surface area contributed by atoms with Gasteiger partial charge in [-0.15, -0.1) is 0 Å². The molecule has 0 spiro atoms. The maximum Gasteiger partial charge on any atom is 0.182 e. The molecule has 2 radical (unpaired) electrons. The highest BCUT2D eigenvalue weighted by molar-refractivity contribution is 6.04. The van der Waals surface area contributed by atoms with Crippen molar-refractivity contribution in [3.05, 3.63) is 30.1 Å². The van der Waals surface area contributed by atoms with Crippen molar-refractivity contribution < 1.29 is 0 Å². The number of aromatic nitrogens is 1. The van der Waals surface area contributed by atoms with Gasteiger partial charge in [-0.1, -0.05) is 0 Å². The smallest absolute Gasteiger partial charge is 0.182 e. The first-order chi connectivity index (χ1) is 4.79. The van der Waals surface area contributed by atoms with Crippen LogP contribution in [0.1, 0.15) is 5.56 Å². The standard InChI is InChI=1S/C7H9BN2/c1-10(8)6-7-2-4-9-5-3-7/h2-5H,6H2,1H3. The van der Waals surface area contributed by atoms with Crippen LogP contribution in [0.2, 0.25) is 0 Å². The zero-order valence-corrected chi connectivity index (χ0v) is 5.99. The van der Waals surface area contributed by atoms with Crippen molar-refractivity contribution in [2.24, 2.45) is 0 Å². The fourth-order valence-corrected chi connectivity index (χ4v) is 0.776. The third-order valence-electron chi connectivity index (χ3n) is 1.18. The average Bonchev–Trinajstić information content (AvgIpc) is 1.88. The van der Waals surface area contributed by atoms with Crippen LogP contribution in [0, 0.1) is 0 Å². The van der Waals surface area contributed by atoms with Crippen molar-refractivity contribution in [1.82, 2.24) is 9.79 Å². The minimum atomic E-state index is 0.766. The highest BCUT2D eigenvalue weighted by Crippen LogP contribution is 1.97. The van der Waals surface area contributed by atoms with Gasteiger partial charge in [-0.2, -0.15) is 0 Å². The molecule has 2 nitrogen and oxygen atoms in total. The van der Waals surface area contributed by atoms with E-state index in [1.165, 1.54) is 5.56 Å². The summed E-state index contributed by atoms with van der Waals surface area (Å²) in [5, 5.41) is 0. The van der Waals surface area contributed by atoms with Crippen molar-refractivity contribution in [2.45, 2.75) is 6.54 Å². The highest BCUT2D eigenvalue weighted by atomic mass is 15.0. The Balaban J connectivity index is 2.59. The van der Waals surface area contributed by atoms with E-state index < -0.39 is 0 Å². The number of hydrogen-bond donors (Lipinski definition) is 0. The van der Waals surface area contributed by atoms with Crippen molar-refractivity contribution in [3.8, 4) is 0 Å². The van der Waals surface area contributed by atoms with Crippen LogP contribution in [0.4, 0.5) is 0 Å². The quantitative estimate of drug-likeness (QED) is 0.547. The zero-order valence-electron chi connectivity index (χ0n) is 5.99. The molecule has 0 aromatic carbocycles. The van der Waals surface area contributed by atoms with Gasteiger partial charge in [0, 0.05) is 18.9 Å². The molecule has 0 bridgehead atoms. The third kappa shape index (κ3) is 2.19. The lowest BCUT2D eigenvalue weighted by molar-refractivity contribution is 0.543. The molecule has 1 heterocycles. The SMILES string of the molecule is [B]N(C)Cc1ccncc1. The predicted molar refractivity (Wildman–Crippen MR) is 41.5 cm³/mol. The Morgan fingerprint density at radius 3 is 2.60 bits per heavy atom. The second kappa shape index (κ2) is 3.37. The third-order valence-corrected chi connectivity index (χ3v) is 1.18. The van der Waals surface area contributed by atoms with Crippen LogP contribution in [0.25, 0.3) is 0 Å². The Hall–Kier alpha value is -0.825. The van der Waals surface area contributed by atoms with Crippen LogP contribution in [0.3, 0.4) is 0 Å². The molecular formula is C7H9BN2. The number of rotatable bonds is 2. The first-order valence-electron chi connectivity index (χ1n) is 3.14. The van der Waals surface area contributed by atoms with Gasteiger partial charge in [0.2, 0.25) is 0 Å². The van der Waals surface area contributed by atoms with Crippen molar-refractivity contribution in [3.63, 3.8) is 0 Å². The molecule has 3 heteroatoms. The molecule has 1 aromatic heterocycles. The average molecular weight is 132 g/mol. The van der Waals surface area contributed by atoms with E-state index in [-0.39, 0.29) is 0 Å². The summed E-state index contributed by atoms with van der Waals surface area (Å²) in [5.74, 6) is 0. The van der Waals surface area contributed by atoms with Crippen LogP contribution in [0.15, 0.2) is 24.5 Å². The van der Waals surface area contributed by atoms with Gasteiger partial charge in [0.25, 0.3) is 0 Å². The maximum atomic E-state index is 5.44. The fraction of sp³-hybridized carbons (Fsp3) is 0.286. The molecule has 0 N–H and O–H groups in total. The van der Waals surface area contributed by atoms with Crippen molar-refractivity contribution >= 4 is 7.98 Å². The zero-order chi connectivity index (χ0) is 7.40. The molecule has 1 aromatic rings. The molecule has 0 saturated heterocycles. The van der Waals surface area contributed by atoms with Crippen LogP contribution in [-0.4, -0.2) is 24.8 Å². The van der Waals surface area contributed by atoms with Crippen molar-refractivity contribution in [1.29, 1.82) is 0 Å². The second-order valence-corrected chi connectivity index (χ2v) is 2.27. The first-order valence-corrected chi connectivity index (χ1v) is 3.14. The molecule has 0 atom stereocenters. The monoisotopic (exact) mass is 132 g/mol. The van der Waals surface area contributed by atoms with Crippen molar-refractivity contribution in [2.75, 3.05) is 7.05 Å². The van der Waals surface area contributed by atoms with E-state index >= 15 is 0 Å². The lowest BCUT2D eigenvalue weighted by atomic mass is 10.2. The Labute approximate surface area is 62.3 Å². The summed E-state index contributed by atoms with van der Waals surface area (Å²) in [7, 11) is 7.27. The number of pyridine rings is 1. The molecule has 0 aliphatic heterocycles. The summed E-state index contributed by atoms with van der Waals surface area (Å²) >= 11 is 0. The van der Waals surface area contributed by atoms with E-state index in [0.717, 1.165) is 6.54 Å². The minimum Gasteiger partial charge on any atom is -0.352 e. The van der Waals surface area contributed by atoms with Gasteiger partial charge in [-0.25, -0.2) is 0 Å². The lowest BCUT2D eigenvalue weighted by Gasteiger charge is -2.08. The van der Waals surface area contributed by atoms with Gasteiger partial charge in [0.1, 0.15) is 0 Å². The number of hydrogen-bond acceptors (Lipinski definition) is 2. The molecule has 1 rings (SSSR count). The van der Waals surface area contributed by atoms with E-state index in [2.05, 4.69) is 4.98 Å². The molecule has 10 heavy (non-hydrogen) atoms. The summed E-state index contributed by atoms with van der Waals surface area (Å²) in [6.45, 7) is 0.766. The Morgan fingerprint density at radius 1 is 1.50 bits per heavy atom. The van der Waals surface area contributed by atoms with Gasteiger partial charge in [-0.05, 0) is 24.7 Å². The Bertz CT molecular complexity index is 186. The fourth-order valence-electron chi connectivity index (χ4n) is 0.776. The minimum absolute atomic E-state index is 0.766. The molecular weight excluding hydrogens is 123 g/mol. The molecule has 0 fully saturated rings. The van der Waals surface area contributed by atoms with Gasteiger partial charge >= 0.3 is 0 Å². The van der Waals surface area contributed by atoms with Crippen LogP contribution in [-0.2, 0) is 6.54 Å². The van der Waals surface area contributed by atoms with E-state index in [1.54, 1.807) is 17.2 Å². The van der Waals surface area contributed by atoms with E-state index in [1.807, 2.05) is 19.2 Å². The van der Waals surface area contributed by atoms with Crippen LogP contribution in [0.5, 0.6) is 0 Å². The molecule has 0 unspecified atom stereocenters. The molecule has 0 aliphatic rings. The second-order valence-electron chi connectivity index (χ2n) is 2.27. The van der Waals surface area contributed by atoms with Crippen LogP contribution >= 0.6 is 0 Å². The Morgan fingerprint density at radius 2 is 2.10 bits per heavy atom. The predicted octanol–water partition coefficient (Wildman–Crippen LogP) is 0.597. The van der Waals surface area contributed by atoms with E-state index in [9.17, 15) is 0 Å². The topological polar surface area (TPSA) is 16.1 Å². The summed E-state index contributed by atoms with van der Waals surface area (Å²) in [6, 6.07) is 3.90. The summed E-state index contributed by atoms with van der Waals surface area (Å²) < 4.78 is 0. The normalized spacial score (nSPS) is 10.2. The van der Waals surface area contributed by atoms with Gasteiger partial charge in [0.15, 0.2) is 7.98 Å². The van der Waals surface area contributed by atoms with Gasteiger partial charge < -0.3 is 4.81 Å². The molecule has 0 saturated carbocycles.